The Labute approximate surface area is 194 Å². The highest BCUT2D eigenvalue weighted by atomic mass is 31.1. The summed E-state index contributed by atoms with van der Waals surface area (Å²) >= 11 is 0. The molecule has 1 aliphatic rings. The van der Waals surface area contributed by atoms with Gasteiger partial charge in [0.05, 0.1) is 0 Å². The maximum atomic E-state index is 3.93. The van der Waals surface area contributed by atoms with E-state index in [-0.39, 0.29) is 15.8 Å². The standard InChI is InChI=1S/C29H29NP2/c1-5-13-25(14-6-1)31(26-15-7-2-8-16-26)23-24-21-29(22-30-24)32(27-17-9-3-10-18-27)28-19-11-4-12-20-28/h1-20,24,29-30H,21-23H2/t24-,29+/m1/s1. The van der Waals surface area contributed by atoms with Crippen LogP contribution >= 0.6 is 15.8 Å². The van der Waals surface area contributed by atoms with Crippen molar-refractivity contribution in [3.05, 3.63) is 121 Å². The summed E-state index contributed by atoms with van der Waals surface area (Å²) in [5.41, 5.74) is 0.670. The van der Waals surface area contributed by atoms with E-state index in [2.05, 4.69) is 127 Å². The van der Waals surface area contributed by atoms with E-state index in [1.54, 1.807) is 0 Å². The first-order chi connectivity index (χ1) is 15.9. The zero-order chi connectivity index (χ0) is 21.6. The molecule has 0 aromatic heterocycles. The fraction of sp³-hybridized carbons (Fsp3) is 0.172. The molecule has 0 unspecified atom stereocenters. The van der Waals surface area contributed by atoms with Crippen LogP contribution < -0.4 is 26.5 Å². The van der Waals surface area contributed by atoms with E-state index in [9.17, 15) is 0 Å². The quantitative estimate of drug-likeness (QED) is 0.389. The Morgan fingerprint density at radius 3 is 1.41 bits per heavy atom. The second-order valence-electron chi connectivity index (χ2n) is 8.32. The number of rotatable bonds is 7. The maximum Gasteiger partial charge on any atom is 0.0119 e. The molecule has 0 amide bonds. The average Bonchev–Trinajstić information content (AvgIpc) is 3.33. The summed E-state index contributed by atoms with van der Waals surface area (Å²) in [4.78, 5) is 0. The molecular formula is C29H29NP2. The van der Waals surface area contributed by atoms with Crippen LogP contribution in [0.2, 0.25) is 0 Å². The highest BCUT2D eigenvalue weighted by molar-refractivity contribution is 7.74. The van der Waals surface area contributed by atoms with E-state index in [4.69, 9.17) is 0 Å². The largest absolute Gasteiger partial charge is 0.313 e. The van der Waals surface area contributed by atoms with Crippen LogP contribution in [-0.2, 0) is 0 Å². The van der Waals surface area contributed by atoms with E-state index in [1.807, 2.05) is 0 Å². The van der Waals surface area contributed by atoms with Gasteiger partial charge in [0.15, 0.2) is 0 Å². The normalized spacial score (nSPS) is 18.3. The van der Waals surface area contributed by atoms with Gasteiger partial charge in [-0.15, -0.1) is 0 Å². The molecule has 0 bridgehead atoms. The molecule has 1 fully saturated rings. The molecule has 2 atom stereocenters. The van der Waals surface area contributed by atoms with Gasteiger partial charge in [-0.25, -0.2) is 0 Å². The number of hydrogen-bond acceptors (Lipinski definition) is 1. The molecule has 5 rings (SSSR count). The van der Waals surface area contributed by atoms with Crippen molar-refractivity contribution in [3.8, 4) is 0 Å². The second kappa shape index (κ2) is 10.5. The smallest absolute Gasteiger partial charge is 0.0119 e. The van der Waals surface area contributed by atoms with Gasteiger partial charge in [0.1, 0.15) is 0 Å². The summed E-state index contributed by atoms with van der Waals surface area (Å²) in [5, 5.41) is 9.88. The fourth-order valence-electron chi connectivity index (χ4n) is 4.68. The van der Waals surface area contributed by atoms with Crippen molar-refractivity contribution in [2.75, 3.05) is 12.7 Å². The Balaban J connectivity index is 1.38. The SMILES string of the molecule is c1ccc(P(C[C@H]2C[C@H](P(c3ccccc3)c3ccccc3)CN2)c2ccccc2)cc1. The van der Waals surface area contributed by atoms with Gasteiger partial charge in [0.25, 0.3) is 0 Å². The third-order valence-electron chi connectivity index (χ3n) is 6.17. The molecule has 4 aromatic rings. The first kappa shape index (κ1) is 21.5. The molecule has 0 saturated carbocycles. The van der Waals surface area contributed by atoms with Crippen molar-refractivity contribution in [2.45, 2.75) is 18.1 Å². The molecule has 1 aliphatic heterocycles. The third-order valence-corrected chi connectivity index (χ3v) is 11.7. The second-order valence-corrected chi connectivity index (χ2v) is 13.1. The van der Waals surface area contributed by atoms with Crippen molar-refractivity contribution in [3.63, 3.8) is 0 Å². The lowest BCUT2D eigenvalue weighted by Crippen LogP contribution is -2.28. The van der Waals surface area contributed by atoms with E-state index in [0.29, 0.717) is 11.7 Å². The third kappa shape index (κ3) is 5.02. The predicted octanol–water partition coefficient (Wildman–Crippen LogP) is 4.98. The number of nitrogens with one attached hydrogen (secondary N) is 1. The van der Waals surface area contributed by atoms with Crippen molar-refractivity contribution < 1.29 is 0 Å². The topological polar surface area (TPSA) is 12.0 Å². The molecule has 160 valence electrons. The average molecular weight is 454 g/mol. The highest BCUT2D eigenvalue weighted by Gasteiger charge is 2.33. The van der Waals surface area contributed by atoms with Crippen molar-refractivity contribution in [1.82, 2.24) is 5.32 Å². The molecule has 0 spiro atoms. The zero-order valence-corrected chi connectivity index (χ0v) is 20.0. The summed E-state index contributed by atoms with van der Waals surface area (Å²) in [6.45, 7) is 1.10. The van der Waals surface area contributed by atoms with Crippen LogP contribution in [0.15, 0.2) is 121 Å². The lowest BCUT2D eigenvalue weighted by atomic mass is 10.2. The van der Waals surface area contributed by atoms with Gasteiger partial charge < -0.3 is 5.32 Å². The Morgan fingerprint density at radius 1 is 0.562 bits per heavy atom. The molecule has 1 nitrogen and oxygen atoms in total. The highest BCUT2D eigenvalue weighted by Crippen LogP contribution is 2.45. The Bertz CT molecular complexity index is 1010. The summed E-state index contributed by atoms with van der Waals surface area (Å²) in [6.07, 6.45) is 2.45. The molecule has 1 N–H and O–H groups in total. The molecule has 0 aliphatic carbocycles. The molecule has 32 heavy (non-hydrogen) atoms. The maximum absolute atomic E-state index is 3.93. The van der Waals surface area contributed by atoms with Gasteiger partial charge in [0, 0.05) is 18.2 Å². The van der Waals surface area contributed by atoms with Crippen molar-refractivity contribution in [1.29, 1.82) is 0 Å². The van der Waals surface area contributed by atoms with Crippen LogP contribution in [0.1, 0.15) is 6.42 Å². The van der Waals surface area contributed by atoms with Gasteiger partial charge in [-0.05, 0) is 49.6 Å². The zero-order valence-electron chi connectivity index (χ0n) is 18.2. The minimum Gasteiger partial charge on any atom is -0.313 e. The van der Waals surface area contributed by atoms with Gasteiger partial charge in [-0.2, -0.15) is 0 Å². The summed E-state index contributed by atoms with van der Waals surface area (Å²) in [5.74, 6) is 0. The van der Waals surface area contributed by atoms with Gasteiger partial charge >= 0.3 is 0 Å². The Morgan fingerprint density at radius 2 is 0.969 bits per heavy atom. The van der Waals surface area contributed by atoms with Gasteiger partial charge in [-0.3, -0.25) is 0 Å². The van der Waals surface area contributed by atoms with Crippen molar-refractivity contribution >= 4 is 37.1 Å². The van der Waals surface area contributed by atoms with Crippen LogP contribution in [-0.4, -0.2) is 24.4 Å². The molecule has 0 radical (unpaired) electrons. The van der Waals surface area contributed by atoms with Gasteiger partial charge in [-0.1, -0.05) is 121 Å². The van der Waals surface area contributed by atoms with Crippen LogP contribution in [0.4, 0.5) is 0 Å². The van der Waals surface area contributed by atoms with Crippen LogP contribution in [0.3, 0.4) is 0 Å². The van der Waals surface area contributed by atoms with E-state index >= 15 is 0 Å². The van der Waals surface area contributed by atoms with E-state index in [0.717, 1.165) is 6.54 Å². The lowest BCUT2D eigenvalue weighted by molar-refractivity contribution is 0.672. The molecule has 3 heteroatoms. The summed E-state index contributed by atoms with van der Waals surface area (Å²) in [7, 11) is -0.731. The first-order valence-electron chi connectivity index (χ1n) is 11.4. The van der Waals surface area contributed by atoms with Crippen LogP contribution in [0, 0.1) is 0 Å². The van der Waals surface area contributed by atoms with Crippen LogP contribution in [0.25, 0.3) is 0 Å². The minimum absolute atomic E-state index is 0.364. The van der Waals surface area contributed by atoms with Gasteiger partial charge in [0.2, 0.25) is 0 Å². The monoisotopic (exact) mass is 453 g/mol. The fourth-order valence-corrected chi connectivity index (χ4v) is 10.1. The predicted molar refractivity (Wildman–Crippen MR) is 143 cm³/mol. The Hall–Kier alpha value is -2.30. The molecule has 1 heterocycles. The van der Waals surface area contributed by atoms with E-state index < -0.39 is 0 Å². The Kier molecular flexibility index (Phi) is 7.10. The first-order valence-corrected chi connectivity index (χ1v) is 14.3. The summed E-state index contributed by atoms with van der Waals surface area (Å²) in [6, 6.07) is 45.1. The minimum atomic E-state index is -0.367. The molecule has 4 aromatic carbocycles. The number of benzene rings is 4. The van der Waals surface area contributed by atoms with Crippen molar-refractivity contribution in [2.24, 2.45) is 0 Å². The molecule has 1 saturated heterocycles. The lowest BCUT2D eigenvalue weighted by Gasteiger charge is -2.26. The van der Waals surface area contributed by atoms with Crippen LogP contribution in [0.5, 0.6) is 0 Å². The molecular weight excluding hydrogens is 424 g/mol. The summed E-state index contributed by atoms with van der Waals surface area (Å²) < 4.78 is 0. The van der Waals surface area contributed by atoms with E-state index in [1.165, 1.54) is 33.8 Å². The number of hydrogen-bond donors (Lipinski definition) is 1.